The van der Waals surface area contributed by atoms with Gasteiger partial charge in [-0.15, -0.1) is 0 Å². The molecule has 0 bridgehead atoms. The van der Waals surface area contributed by atoms with Crippen molar-refractivity contribution in [2.24, 2.45) is 17.8 Å². The van der Waals surface area contributed by atoms with Gasteiger partial charge in [-0.25, -0.2) is 18.6 Å². The van der Waals surface area contributed by atoms with Gasteiger partial charge in [0.05, 0.1) is 22.8 Å². The highest BCUT2D eigenvalue weighted by molar-refractivity contribution is 6.32. The predicted octanol–water partition coefficient (Wildman–Crippen LogP) is 5.61. The zero-order valence-corrected chi connectivity index (χ0v) is 26.5. The molecule has 5 rings (SSSR count). The molecule has 9 nitrogen and oxygen atoms in total. The molecule has 1 saturated heterocycles. The molecular formula is C31H44ClF2N7O2. The molecule has 3 heterocycles. The standard InChI is InChI=1S/C31H44ClF2N7O2/c1-20-17-39(18-21(2)31(20,33)34)28-35-16-24(32)27(37-28)36-23-9-10-25-26(15-23)41(14-11-30(3,4)43)29(42)40(25)13-6-12-38(5)19-22-7-8-22/h9-10,15-16,20-22,43H,6-8,11-14,17-19H2,1-5H3,(H,35,36,37)/t20-,21+. The summed E-state index contributed by atoms with van der Waals surface area (Å²) in [6, 6.07) is 5.68. The Hall–Kier alpha value is -2.76. The number of hydrogen-bond acceptors (Lipinski definition) is 7. The van der Waals surface area contributed by atoms with E-state index in [1.165, 1.54) is 19.0 Å². The number of nitrogens with one attached hydrogen (secondary N) is 1. The van der Waals surface area contributed by atoms with Crippen LogP contribution in [0, 0.1) is 17.8 Å². The summed E-state index contributed by atoms with van der Waals surface area (Å²) in [5.41, 5.74) is 1.21. The maximum atomic E-state index is 14.4. The Bertz CT molecular complexity index is 1480. The first-order valence-electron chi connectivity index (χ1n) is 15.3. The van der Waals surface area contributed by atoms with E-state index in [1.807, 2.05) is 22.8 Å². The van der Waals surface area contributed by atoms with Gasteiger partial charge in [0.2, 0.25) is 5.95 Å². The van der Waals surface area contributed by atoms with E-state index < -0.39 is 23.4 Å². The van der Waals surface area contributed by atoms with Crippen molar-refractivity contribution >= 4 is 40.1 Å². The Morgan fingerprint density at radius 3 is 2.47 bits per heavy atom. The average molecular weight is 620 g/mol. The van der Waals surface area contributed by atoms with E-state index in [1.54, 1.807) is 37.2 Å². The lowest BCUT2D eigenvalue weighted by Gasteiger charge is -2.41. The van der Waals surface area contributed by atoms with Crippen LogP contribution >= 0.6 is 11.6 Å². The van der Waals surface area contributed by atoms with Gasteiger partial charge in [-0.2, -0.15) is 4.98 Å². The van der Waals surface area contributed by atoms with E-state index >= 15 is 0 Å². The number of piperidine rings is 1. The first-order chi connectivity index (χ1) is 20.2. The van der Waals surface area contributed by atoms with Gasteiger partial charge in [-0.05, 0) is 77.2 Å². The monoisotopic (exact) mass is 619 g/mol. The van der Waals surface area contributed by atoms with E-state index in [9.17, 15) is 18.7 Å². The lowest BCUT2D eigenvalue weighted by atomic mass is 9.87. The van der Waals surface area contributed by atoms with Gasteiger partial charge in [0.15, 0.2) is 5.82 Å². The molecule has 1 aliphatic carbocycles. The fraction of sp³-hybridized carbons (Fsp3) is 0.645. The summed E-state index contributed by atoms with van der Waals surface area (Å²) >= 11 is 6.47. The number of alkyl halides is 2. The minimum atomic E-state index is -2.75. The molecule has 43 heavy (non-hydrogen) atoms. The van der Waals surface area contributed by atoms with Crippen molar-refractivity contribution < 1.29 is 13.9 Å². The number of benzene rings is 1. The van der Waals surface area contributed by atoms with Gasteiger partial charge in [-0.3, -0.25) is 9.13 Å². The molecule has 1 saturated carbocycles. The van der Waals surface area contributed by atoms with Crippen LogP contribution in [0.5, 0.6) is 0 Å². The number of nitrogens with zero attached hydrogens (tertiary/aromatic N) is 6. The first-order valence-corrected chi connectivity index (χ1v) is 15.7. The maximum Gasteiger partial charge on any atom is 0.329 e. The predicted molar refractivity (Wildman–Crippen MR) is 168 cm³/mol. The van der Waals surface area contributed by atoms with Crippen LogP contribution in [-0.2, 0) is 13.1 Å². The van der Waals surface area contributed by atoms with Crippen LogP contribution in [-0.4, -0.2) is 73.9 Å². The molecule has 0 unspecified atom stereocenters. The third-order valence-corrected chi connectivity index (χ3v) is 9.01. The number of aryl methyl sites for hydroxylation is 2. The molecule has 2 atom stereocenters. The maximum absolute atomic E-state index is 14.4. The molecule has 2 aliphatic rings. The largest absolute Gasteiger partial charge is 0.390 e. The molecule has 2 fully saturated rings. The molecule has 236 valence electrons. The van der Waals surface area contributed by atoms with E-state index in [4.69, 9.17) is 11.6 Å². The van der Waals surface area contributed by atoms with Crippen molar-refractivity contribution in [3.8, 4) is 0 Å². The summed E-state index contributed by atoms with van der Waals surface area (Å²) in [4.78, 5) is 26.7. The molecular weight excluding hydrogens is 576 g/mol. The van der Waals surface area contributed by atoms with Gasteiger partial charge in [0, 0.05) is 50.2 Å². The number of rotatable bonds is 12. The second-order valence-corrected chi connectivity index (χ2v) is 13.7. The zero-order valence-electron chi connectivity index (χ0n) is 25.8. The Morgan fingerprint density at radius 2 is 1.81 bits per heavy atom. The molecule has 0 amide bonds. The van der Waals surface area contributed by atoms with Crippen LogP contribution in [0.1, 0.15) is 53.4 Å². The topological polar surface area (TPSA) is 91.5 Å². The van der Waals surface area contributed by atoms with Gasteiger partial charge >= 0.3 is 5.69 Å². The quantitative estimate of drug-likeness (QED) is 0.272. The van der Waals surface area contributed by atoms with Crippen LogP contribution in [0.3, 0.4) is 0 Å². The van der Waals surface area contributed by atoms with Gasteiger partial charge in [0.1, 0.15) is 5.02 Å². The van der Waals surface area contributed by atoms with Crippen molar-refractivity contribution in [2.45, 2.75) is 78.0 Å². The molecule has 12 heteroatoms. The van der Waals surface area contributed by atoms with E-state index in [0.29, 0.717) is 42.0 Å². The number of aliphatic hydroxyl groups is 1. The second-order valence-electron chi connectivity index (χ2n) is 13.3. The van der Waals surface area contributed by atoms with E-state index in [-0.39, 0.29) is 18.8 Å². The van der Waals surface area contributed by atoms with Gasteiger partial charge in [0.25, 0.3) is 5.92 Å². The van der Waals surface area contributed by atoms with Crippen molar-refractivity contribution in [1.29, 1.82) is 0 Å². The Balaban J connectivity index is 1.39. The minimum Gasteiger partial charge on any atom is -0.390 e. The summed E-state index contributed by atoms with van der Waals surface area (Å²) in [5, 5.41) is 13.9. The lowest BCUT2D eigenvalue weighted by Crippen LogP contribution is -2.52. The molecule has 1 aromatic carbocycles. The third-order valence-electron chi connectivity index (χ3n) is 8.73. The summed E-state index contributed by atoms with van der Waals surface area (Å²) in [7, 11) is 2.14. The van der Waals surface area contributed by atoms with Crippen LogP contribution in [0.2, 0.25) is 5.02 Å². The molecule has 2 aromatic heterocycles. The highest BCUT2D eigenvalue weighted by atomic mass is 35.5. The number of anilines is 3. The smallest absolute Gasteiger partial charge is 0.329 e. The van der Waals surface area contributed by atoms with Crippen molar-refractivity contribution in [3.05, 3.63) is 39.9 Å². The fourth-order valence-corrected chi connectivity index (χ4v) is 6.05. The summed E-state index contributed by atoms with van der Waals surface area (Å²) in [5.74, 6) is -2.91. The number of hydrogen-bond donors (Lipinski definition) is 2. The highest BCUT2D eigenvalue weighted by Gasteiger charge is 2.47. The number of imidazole rings is 1. The SMILES string of the molecule is C[C@@H]1CN(c2ncc(Cl)c(Nc3ccc4c(c3)n(CCC(C)(C)O)c(=O)n4CCCN(C)CC3CC3)n2)C[C@H](C)C1(F)F. The molecule has 3 aromatic rings. The Labute approximate surface area is 256 Å². The zero-order chi connectivity index (χ0) is 31.1. The number of fused-ring (bicyclic) bond motifs is 1. The third kappa shape index (κ3) is 7.32. The van der Waals surface area contributed by atoms with Gasteiger partial charge in [-0.1, -0.05) is 25.4 Å². The fourth-order valence-electron chi connectivity index (χ4n) is 5.91. The van der Waals surface area contributed by atoms with Crippen molar-refractivity contribution in [3.63, 3.8) is 0 Å². The van der Waals surface area contributed by atoms with Crippen LogP contribution < -0.4 is 15.9 Å². The molecule has 0 spiro atoms. The van der Waals surface area contributed by atoms with E-state index in [2.05, 4.69) is 27.2 Å². The minimum absolute atomic E-state index is 0.103. The highest BCUT2D eigenvalue weighted by Crippen LogP contribution is 2.39. The molecule has 0 radical (unpaired) electrons. The summed E-state index contributed by atoms with van der Waals surface area (Å²) < 4.78 is 32.4. The normalized spacial score (nSPS) is 20.7. The average Bonchev–Trinajstić information content (AvgIpc) is 3.70. The summed E-state index contributed by atoms with van der Waals surface area (Å²) in [6.07, 6.45) is 5.37. The number of aromatic nitrogens is 4. The van der Waals surface area contributed by atoms with Crippen molar-refractivity contribution in [2.75, 3.05) is 43.4 Å². The first kappa shape index (κ1) is 31.7. The number of halogens is 3. The van der Waals surface area contributed by atoms with E-state index in [0.717, 1.165) is 36.5 Å². The van der Waals surface area contributed by atoms with Crippen LogP contribution in [0.4, 0.5) is 26.2 Å². The Morgan fingerprint density at radius 1 is 1.14 bits per heavy atom. The summed E-state index contributed by atoms with van der Waals surface area (Å²) in [6.45, 7) is 9.83. The van der Waals surface area contributed by atoms with Crippen LogP contribution in [0.25, 0.3) is 11.0 Å². The Kier molecular flexibility index (Phi) is 9.07. The van der Waals surface area contributed by atoms with Crippen molar-refractivity contribution in [1.82, 2.24) is 24.0 Å². The lowest BCUT2D eigenvalue weighted by molar-refractivity contribution is -0.105. The molecule has 2 N–H and O–H groups in total. The second kappa shape index (κ2) is 12.3. The molecule has 1 aliphatic heterocycles. The van der Waals surface area contributed by atoms with Gasteiger partial charge < -0.3 is 20.2 Å². The van der Waals surface area contributed by atoms with Crippen LogP contribution in [0.15, 0.2) is 29.2 Å².